The first kappa shape index (κ1) is 36.2. The van der Waals surface area contributed by atoms with Crippen LogP contribution in [0.15, 0.2) is 113 Å². The summed E-state index contributed by atoms with van der Waals surface area (Å²) in [5.74, 6) is -1.84. The van der Waals surface area contributed by atoms with Crippen LogP contribution in [0.2, 0.25) is 0 Å². The second kappa shape index (κ2) is 15.8. The van der Waals surface area contributed by atoms with E-state index in [2.05, 4.69) is 16.0 Å². The normalized spacial score (nSPS) is 15.0. The highest BCUT2D eigenvalue weighted by molar-refractivity contribution is 7.95. The number of ketones is 1. The molecule has 0 saturated carbocycles. The topological polar surface area (TPSA) is 148 Å². The van der Waals surface area contributed by atoms with Crippen molar-refractivity contribution in [3.05, 3.63) is 130 Å². The molecule has 4 aromatic carbocycles. The minimum Gasteiger partial charge on any atom is -0.449 e. The number of carbonyl (C=O) groups is 4. The summed E-state index contributed by atoms with van der Waals surface area (Å²) in [4.78, 5) is 53.4. The van der Waals surface area contributed by atoms with Gasteiger partial charge in [0.15, 0.2) is 5.78 Å². The lowest BCUT2D eigenvalue weighted by Gasteiger charge is -2.24. The summed E-state index contributed by atoms with van der Waals surface area (Å²) >= 11 is 0. The van der Waals surface area contributed by atoms with Crippen LogP contribution in [0.1, 0.15) is 54.9 Å². The van der Waals surface area contributed by atoms with E-state index in [-0.39, 0.29) is 47.5 Å². The Hall–Kier alpha value is -5.55. The molecule has 1 aliphatic heterocycles. The van der Waals surface area contributed by atoms with Crippen LogP contribution in [0.25, 0.3) is 17.2 Å². The van der Waals surface area contributed by atoms with E-state index >= 15 is 0 Å². The van der Waals surface area contributed by atoms with Crippen LogP contribution in [0.5, 0.6) is 0 Å². The lowest BCUT2D eigenvalue weighted by molar-refractivity contribution is -0.131. The molecule has 6 rings (SSSR count). The highest BCUT2D eigenvalue weighted by atomic mass is 32.2. The lowest BCUT2D eigenvalue weighted by Crippen LogP contribution is -2.54. The van der Waals surface area contributed by atoms with E-state index in [9.17, 15) is 27.6 Å². The third-order valence-corrected chi connectivity index (χ3v) is 11.2. The van der Waals surface area contributed by atoms with E-state index in [1.165, 1.54) is 12.1 Å². The summed E-state index contributed by atoms with van der Waals surface area (Å²) in [6.45, 7) is 3.42. The Kier molecular flexibility index (Phi) is 11.0. The number of benzene rings is 4. The van der Waals surface area contributed by atoms with Gasteiger partial charge in [-0.25, -0.2) is 13.2 Å². The Labute approximate surface area is 303 Å². The molecule has 10 nitrogen and oxygen atoms in total. The van der Waals surface area contributed by atoms with E-state index in [1.807, 2.05) is 92.7 Å². The number of sulfone groups is 1. The van der Waals surface area contributed by atoms with Crippen molar-refractivity contribution in [3.8, 4) is 11.1 Å². The zero-order valence-corrected chi connectivity index (χ0v) is 29.8. The Morgan fingerprint density at radius 3 is 2.02 bits per heavy atom. The van der Waals surface area contributed by atoms with Crippen molar-refractivity contribution in [2.45, 2.75) is 56.0 Å². The molecule has 1 heterocycles. The highest BCUT2D eigenvalue weighted by Gasteiger charge is 2.34. The van der Waals surface area contributed by atoms with Gasteiger partial charge in [-0.15, -0.1) is 0 Å². The Morgan fingerprint density at radius 1 is 0.750 bits per heavy atom. The summed E-state index contributed by atoms with van der Waals surface area (Å²) in [5.41, 5.74) is 5.59. The van der Waals surface area contributed by atoms with Crippen LogP contribution in [0.3, 0.4) is 0 Å². The number of Topliss-reactive ketones (excluding diaryl/α,β-unsaturated/α-hetero) is 1. The molecule has 268 valence electrons. The quantitative estimate of drug-likeness (QED) is 0.154. The molecular weight excluding hydrogens is 679 g/mol. The molecule has 52 heavy (non-hydrogen) atoms. The molecule has 11 heteroatoms. The smallest absolute Gasteiger partial charge is 0.407 e. The van der Waals surface area contributed by atoms with Crippen molar-refractivity contribution >= 4 is 39.6 Å². The van der Waals surface area contributed by atoms with Gasteiger partial charge in [-0.3, -0.25) is 14.4 Å². The van der Waals surface area contributed by atoms with Crippen LogP contribution in [-0.4, -0.2) is 57.3 Å². The molecule has 0 aromatic heterocycles. The number of rotatable bonds is 14. The molecule has 0 radical (unpaired) electrons. The van der Waals surface area contributed by atoms with Gasteiger partial charge in [0.25, 0.3) is 0 Å². The monoisotopic (exact) mass is 719 g/mol. The van der Waals surface area contributed by atoms with Crippen molar-refractivity contribution in [1.29, 1.82) is 0 Å². The summed E-state index contributed by atoms with van der Waals surface area (Å²) < 4.78 is 31.8. The molecule has 0 saturated heterocycles. The van der Waals surface area contributed by atoms with Gasteiger partial charge in [0.1, 0.15) is 19.2 Å². The summed E-state index contributed by atoms with van der Waals surface area (Å²) in [6, 6.07) is 29.5. The SMILES string of the molecule is CC(C)C[C@H](NC(=O)[C@H](Cc1ccccc1)NC(=O)CNC(=O)OCC1c2ccccc2-c2ccccc21)C(=O)CC1=Cc2ccccc2S1(=O)=O. The van der Waals surface area contributed by atoms with Crippen LogP contribution >= 0.6 is 0 Å². The van der Waals surface area contributed by atoms with Crippen LogP contribution < -0.4 is 16.0 Å². The molecule has 0 unspecified atom stereocenters. The predicted molar refractivity (Wildman–Crippen MR) is 198 cm³/mol. The average Bonchev–Trinajstić information content (AvgIpc) is 3.59. The number of amides is 3. The Balaban J connectivity index is 1.08. The van der Waals surface area contributed by atoms with Gasteiger partial charge < -0.3 is 20.7 Å². The summed E-state index contributed by atoms with van der Waals surface area (Å²) in [5, 5.41) is 7.97. The average molecular weight is 720 g/mol. The van der Waals surface area contributed by atoms with Crippen molar-refractivity contribution < 1.29 is 32.3 Å². The number of hydrogen-bond acceptors (Lipinski definition) is 7. The molecule has 0 spiro atoms. The van der Waals surface area contributed by atoms with Crippen LogP contribution in [0.4, 0.5) is 4.79 Å². The molecule has 4 aromatic rings. The number of fused-ring (bicyclic) bond motifs is 4. The molecule has 2 atom stereocenters. The molecule has 1 aliphatic carbocycles. The van der Waals surface area contributed by atoms with Crippen LogP contribution in [-0.2, 0) is 35.4 Å². The molecule has 3 amide bonds. The van der Waals surface area contributed by atoms with Crippen LogP contribution in [0, 0.1) is 5.92 Å². The van der Waals surface area contributed by atoms with Crippen molar-refractivity contribution in [2.75, 3.05) is 13.2 Å². The van der Waals surface area contributed by atoms with E-state index in [4.69, 9.17) is 4.74 Å². The molecule has 0 fully saturated rings. The first-order valence-corrected chi connectivity index (χ1v) is 18.8. The third kappa shape index (κ3) is 8.15. The van der Waals surface area contributed by atoms with E-state index in [0.717, 1.165) is 27.8 Å². The third-order valence-electron chi connectivity index (χ3n) is 9.30. The first-order chi connectivity index (χ1) is 25.0. The molecule has 3 N–H and O–H groups in total. The van der Waals surface area contributed by atoms with Gasteiger partial charge in [-0.05, 0) is 57.9 Å². The Bertz CT molecular complexity index is 2080. The molecular formula is C41H41N3O7S. The molecule has 2 aliphatic rings. The number of hydrogen-bond donors (Lipinski definition) is 3. The fourth-order valence-electron chi connectivity index (χ4n) is 6.80. The zero-order valence-electron chi connectivity index (χ0n) is 29.0. The van der Waals surface area contributed by atoms with Gasteiger partial charge >= 0.3 is 6.09 Å². The van der Waals surface area contributed by atoms with Crippen molar-refractivity contribution in [3.63, 3.8) is 0 Å². The number of nitrogens with one attached hydrogen (secondary N) is 3. The number of carbonyl (C=O) groups excluding carboxylic acids is 4. The first-order valence-electron chi connectivity index (χ1n) is 17.3. The minimum absolute atomic E-state index is 0.0100. The Morgan fingerprint density at radius 2 is 1.37 bits per heavy atom. The van der Waals surface area contributed by atoms with E-state index in [1.54, 1.807) is 18.2 Å². The number of ether oxygens (including phenoxy) is 1. The summed E-state index contributed by atoms with van der Waals surface area (Å²) in [7, 11) is -3.83. The van der Waals surface area contributed by atoms with Gasteiger partial charge in [-0.2, -0.15) is 0 Å². The number of allylic oxidation sites excluding steroid dienone is 1. The summed E-state index contributed by atoms with van der Waals surface area (Å²) in [6.07, 6.45) is 0.718. The standard InChI is InChI=1S/C41H41N3O7S/c1-26(2)20-35(37(45)23-29-22-28-14-6-11-19-38(28)52(29,49)50)44-40(47)36(21-27-12-4-3-5-13-27)43-39(46)24-42-41(48)51-25-34-32-17-9-7-15-30(32)31-16-8-10-18-33(31)34/h3-19,22,26,34-36H,20-21,23-25H2,1-2H3,(H,42,48)(H,43,46)(H,44,47)/t35-,36-/m0/s1. The zero-order chi connectivity index (χ0) is 36.8. The minimum atomic E-state index is -3.83. The maximum Gasteiger partial charge on any atom is 0.407 e. The van der Waals surface area contributed by atoms with Gasteiger partial charge in [0, 0.05) is 18.8 Å². The van der Waals surface area contributed by atoms with E-state index < -0.39 is 52.2 Å². The second-order valence-electron chi connectivity index (χ2n) is 13.5. The van der Waals surface area contributed by atoms with E-state index in [0.29, 0.717) is 5.56 Å². The van der Waals surface area contributed by atoms with Gasteiger partial charge in [0.05, 0.1) is 15.8 Å². The fraction of sp³-hybridized carbons (Fsp3) is 0.268. The van der Waals surface area contributed by atoms with Gasteiger partial charge in [-0.1, -0.05) is 111 Å². The van der Waals surface area contributed by atoms with Crippen molar-refractivity contribution in [2.24, 2.45) is 5.92 Å². The second-order valence-corrected chi connectivity index (χ2v) is 15.4. The van der Waals surface area contributed by atoms with Gasteiger partial charge in [0.2, 0.25) is 21.7 Å². The predicted octanol–water partition coefficient (Wildman–Crippen LogP) is 5.57. The maximum absolute atomic E-state index is 13.8. The number of alkyl carbamates (subject to hydrolysis) is 1. The highest BCUT2D eigenvalue weighted by Crippen LogP contribution is 2.44. The maximum atomic E-state index is 13.8. The van der Waals surface area contributed by atoms with Crippen molar-refractivity contribution in [1.82, 2.24) is 16.0 Å². The lowest BCUT2D eigenvalue weighted by atomic mass is 9.97. The largest absolute Gasteiger partial charge is 0.449 e. The fourth-order valence-corrected chi connectivity index (χ4v) is 8.39. The molecule has 0 bridgehead atoms.